The Hall–Kier alpha value is -0.860. The molecule has 0 aliphatic carbocycles. The fraction of sp³-hybridized carbons (Fsp3) is 0.600. The average Bonchev–Trinajstić information content (AvgIpc) is 2.72. The van der Waals surface area contributed by atoms with E-state index in [2.05, 4.69) is 36.9 Å². The van der Waals surface area contributed by atoms with E-state index in [0.717, 1.165) is 13.0 Å². The van der Waals surface area contributed by atoms with Crippen molar-refractivity contribution >= 4 is 0 Å². The number of rotatable bonds is 4. The molecule has 0 spiro atoms. The number of benzene rings is 1. The van der Waals surface area contributed by atoms with Crippen LogP contribution in [-0.2, 0) is 6.54 Å². The molecule has 1 heterocycles. The maximum absolute atomic E-state index is 9.09. The summed E-state index contributed by atoms with van der Waals surface area (Å²) in [6.07, 6.45) is 3.44. The van der Waals surface area contributed by atoms with E-state index < -0.39 is 0 Å². The molecule has 0 aromatic heterocycles. The molecule has 1 aromatic rings. The van der Waals surface area contributed by atoms with Crippen LogP contribution < -0.4 is 0 Å². The van der Waals surface area contributed by atoms with Gasteiger partial charge in [0, 0.05) is 19.2 Å². The summed E-state index contributed by atoms with van der Waals surface area (Å²) in [5, 5.41) is 9.09. The Morgan fingerprint density at radius 1 is 1.29 bits per heavy atom. The molecule has 1 aliphatic rings. The van der Waals surface area contributed by atoms with Crippen LogP contribution in [0.4, 0.5) is 0 Å². The highest BCUT2D eigenvalue weighted by atomic mass is 16.3. The maximum Gasteiger partial charge on any atom is 0.0445 e. The second-order valence-corrected chi connectivity index (χ2v) is 5.15. The van der Waals surface area contributed by atoms with E-state index in [-0.39, 0.29) is 0 Å². The Balaban J connectivity index is 2.09. The summed E-state index contributed by atoms with van der Waals surface area (Å²) < 4.78 is 0. The van der Waals surface area contributed by atoms with Crippen LogP contribution in [0.15, 0.2) is 18.2 Å². The van der Waals surface area contributed by atoms with Gasteiger partial charge in [-0.15, -0.1) is 0 Å². The second-order valence-electron chi connectivity index (χ2n) is 5.15. The van der Waals surface area contributed by atoms with Gasteiger partial charge in [-0.2, -0.15) is 0 Å². The first-order valence-electron chi connectivity index (χ1n) is 6.62. The second kappa shape index (κ2) is 5.65. The van der Waals surface area contributed by atoms with Gasteiger partial charge >= 0.3 is 0 Å². The van der Waals surface area contributed by atoms with Crippen LogP contribution >= 0.6 is 0 Å². The molecule has 2 rings (SSSR count). The van der Waals surface area contributed by atoms with Crippen molar-refractivity contribution in [3.05, 3.63) is 34.9 Å². The van der Waals surface area contributed by atoms with Gasteiger partial charge in [0.1, 0.15) is 0 Å². The first-order valence-corrected chi connectivity index (χ1v) is 6.62. The zero-order chi connectivity index (χ0) is 12.3. The third kappa shape index (κ3) is 2.88. The van der Waals surface area contributed by atoms with E-state index in [9.17, 15) is 0 Å². The van der Waals surface area contributed by atoms with Crippen molar-refractivity contribution in [2.24, 2.45) is 0 Å². The van der Waals surface area contributed by atoms with Crippen LogP contribution in [0, 0.1) is 13.8 Å². The number of hydrogen-bond acceptors (Lipinski definition) is 2. The summed E-state index contributed by atoms with van der Waals surface area (Å²) in [5.74, 6) is 0. The number of aliphatic hydroxyl groups is 1. The van der Waals surface area contributed by atoms with Crippen molar-refractivity contribution in [3.63, 3.8) is 0 Å². The van der Waals surface area contributed by atoms with Crippen molar-refractivity contribution in [1.29, 1.82) is 0 Å². The van der Waals surface area contributed by atoms with E-state index >= 15 is 0 Å². The maximum atomic E-state index is 9.09. The standard InChI is InChI=1S/C15H23NO/c1-12-5-3-6-13(2)15(12)11-16-9-4-7-14(16)8-10-17/h3,5-6,14,17H,4,7-11H2,1-2H3. The smallest absolute Gasteiger partial charge is 0.0445 e. The Labute approximate surface area is 104 Å². The molecule has 0 bridgehead atoms. The van der Waals surface area contributed by atoms with Gasteiger partial charge in [0.2, 0.25) is 0 Å². The molecule has 0 saturated carbocycles. The number of nitrogens with zero attached hydrogens (tertiary/aromatic N) is 1. The molecule has 1 saturated heterocycles. The lowest BCUT2D eigenvalue weighted by molar-refractivity contribution is 0.189. The highest BCUT2D eigenvalue weighted by Gasteiger charge is 2.24. The minimum Gasteiger partial charge on any atom is -0.396 e. The third-order valence-electron chi connectivity index (χ3n) is 3.97. The van der Waals surface area contributed by atoms with Crippen LogP contribution in [0.2, 0.25) is 0 Å². The molecule has 1 aliphatic heterocycles. The highest BCUT2D eigenvalue weighted by molar-refractivity contribution is 5.33. The minimum atomic E-state index is 0.313. The Morgan fingerprint density at radius 3 is 2.65 bits per heavy atom. The van der Waals surface area contributed by atoms with Crippen molar-refractivity contribution in [2.45, 2.75) is 45.7 Å². The Kier molecular flexibility index (Phi) is 4.19. The zero-order valence-electron chi connectivity index (χ0n) is 10.9. The molecular weight excluding hydrogens is 210 g/mol. The first-order chi connectivity index (χ1) is 8.22. The van der Waals surface area contributed by atoms with Gasteiger partial charge in [-0.3, -0.25) is 4.90 Å². The molecule has 1 fully saturated rings. The van der Waals surface area contributed by atoms with Crippen LogP contribution in [0.25, 0.3) is 0 Å². The van der Waals surface area contributed by atoms with Gasteiger partial charge in [0.25, 0.3) is 0 Å². The van der Waals surface area contributed by atoms with Gasteiger partial charge in [-0.25, -0.2) is 0 Å². The fourth-order valence-electron chi connectivity index (χ4n) is 2.88. The van der Waals surface area contributed by atoms with Gasteiger partial charge in [0.05, 0.1) is 0 Å². The number of aryl methyl sites for hydroxylation is 2. The van der Waals surface area contributed by atoms with Crippen molar-refractivity contribution in [2.75, 3.05) is 13.2 Å². The normalized spacial score (nSPS) is 21.0. The van der Waals surface area contributed by atoms with E-state index in [1.54, 1.807) is 0 Å². The largest absolute Gasteiger partial charge is 0.396 e. The molecule has 1 unspecified atom stereocenters. The molecule has 2 heteroatoms. The van der Waals surface area contributed by atoms with Crippen LogP contribution in [0.3, 0.4) is 0 Å². The lowest BCUT2D eigenvalue weighted by atomic mass is 10.0. The summed E-state index contributed by atoms with van der Waals surface area (Å²) in [6.45, 7) is 6.93. The van der Waals surface area contributed by atoms with Crippen LogP contribution in [0.1, 0.15) is 36.0 Å². The quantitative estimate of drug-likeness (QED) is 0.864. The first kappa shape index (κ1) is 12.6. The monoisotopic (exact) mass is 233 g/mol. The minimum absolute atomic E-state index is 0.313. The van der Waals surface area contributed by atoms with Crippen LogP contribution in [-0.4, -0.2) is 29.2 Å². The van der Waals surface area contributed by atoms with Crippen molar-refractivity contribution in [1.82, 2.24) is 4.90 Å². The summed E-state index contributed by atoms with van der Waals surface area (Å²) in [7, 11) is 0. The fourth-order valence-corrected chi connectivity index (χ4v) is 2.88. The highest BCUT2D eigenvalue weighted by Crippen LogP contribution is 2.24. The molecule has 17 heavy (non-hydrogen) atoms. The molecule has 0 radical (unpaired) electrons. The van der Waals surface area contributed by atoms with E-state index in [1.807, 2.05) is 0 Å². The zero-order valence-corrected chi connectivity index (χ0v) is 10.9. The summed E-state index contributed by atoms with van der Waals surface area (Å²) in [6, 6.07) is 7.10. The van der Waals surface area contributed by atoms with Gasteiger partial charge in [-0.05, 0) is 56.3 Å². The number of aliphatic hydroxyl groups excluding tert-OH is 1. The SMILES string of the molecule is Cc1cccc(C)c1CN1CCCC1CCO. The summed E-state index contributed by atoms with van der Waals surface area (Å²) in [5.41, 5.74) is 4.25. The molecule has 1 N–H and O–H groups in total. The summed E-state index contributed by atoms with van der Waals surface area (Å²) >= 11 is 0. The Bertz CT molecular complexity index is 355. The lowest BCUT2D eigenvalue weighted by Gasteiger charge is -2.25. The Morgan fingerprint density at radius 2 is 2.00 bits per heavy atom. The molecule has 2 nitrogen and oxygen atoms in total. The molecule has 1 atom stereocenters. The number of likely N-dealkylation sites (tertiary alicyclic amines) is 1. The molecule has 94 valence electrons. The molecule has 1 aromatic carbocycles. The van der Waals surface area contributed by atoms with E-state index in [1.165, 1.54) is 36.1 Å². The van der Waals surface area contributed by atoms with Crippen molar-refractivity contribution < 1.29 is 5.11 Å². The van der Waals surface area contributed by atoms with Crippen LogP contribution in [0.5, 0.6) is 0 Å². The predicted octanol–water partition coefficient (Wildman–Crippen LogP) is 2.65. The van der Waals surface area contributed by atoms with Gasteiger partial charge in [0.15, 0.2) is 0 Å². The molecular formula is C15H23NO. The van der Waals surface area contributed by atoms with Gasteiger partial charge in [-0.1, -0.05) is 18.2 Å². The van der Waals surface area contributed by atoms with Gasteiger partial charge < -0.3 is 5.11 Å². The van der Waals surface area contributed by atoms with E-state index in [0.29, 0.717) is 12.6 Å². The van der Waals surface area contributed by atoms with Crippen molar-refractivity contribution in [3.8, 4) is 0 Å². The van der Waals surface area contributed by atoms with E-state index in [4.69, 9.17) is 5.11 Å². The average molecular weight is 233 g/mol. The summed E-state index contributed by atoms with van der Waals surface area (Å²) in [4.78, 5) is 2.53. The topological polar surface area (TPSA) is 23.5 Å². The number of hydrogen-bond donors (Lipinski definition) is 1. The lowest BCUT2D eigenvalue weighted by Crippen LogP contribution is -2.30. The molecule has 0 amide bonds. The predicted molar refractivity (Wildman–Crippen MR) is 71.1 cm³/mol. The third-order valence-corrected chi connectivity index (χ3v) is 3.97.